The van der Waals surface area contributed by atoms with Gasteiger partial charge in [-0.1, -0.05) is 59.4 Å². The molecule has 0 radical (unpaired) electrons. The Kier molecular flexibility index (Phi) is 5.82. The van der Waals surface area contributed by atoms with E-state index in [-0.39, 0.29) is 0 Å². The van der Waals surface area contributed by atoms with Crippen LogP contribution in [0.5, 0.6) is 0 Å². The molecule has 0 aliphatic carbocycles. The van der Waals surface area contributed by atoms with Gasteiger partial charge in [0.2, 0.25) is 0 Å². The zero-order chi connectivity index (χ0) is 15.4. The molecule has 3 nitrogen and oxygen atoms in total. The molecule has 0 spiro atoms. The summed E-state index contributed by atoms with van der Waals surface area (Å²) in [4.78, 5) is 4.38. The van der Waals surface area contributed by atoms with Gasteiger partial charge in [-0.15, -0.1) is 0 Å². The number of hydrogen-bond donors (Lipinski definition) is 2. The van der Waals surface area contributed by atoms with Gasteiger partial charge in [-0.25, -0.2) is 4.98 Å². The summed E-state index contributed by atoms with van der Waals surface area (Å²) in [6.07, 6.45) is 0.958. The minimum Gasteiger partial charge on any atom is -0.369 e. The zero-order valence-electron chi connectivity index (χ0n) is 11.2. The van der Waals surface area contributed by atoms with Crippen molar-refractivity contribution in [2.45, 2.75) is 13.3 Å². The second-order valence-corrected chi connectivity index (χ2v) is 5.93. The number of nitrogens with zero attached hydrogens (tertiary/aromatic N) is 1. The van der Waals surface area contributed by atoms with Crippen molar-refractivity contribution in [1.29, 1.82) is 0 Å². The fourth-order valence-electron chi connectivity index (χ4n) is 1.66. The van der Waals surface area contributed by atoms with Crippen LogP contribution in [-0.4, -0.2) is 11.5 Å². The topological polar surface area (TPSA) is 37.0 Å². The van der Waals surface area contributed by atoms with Gasteiger partial charge in [0, 0.05) is 6.54 Å². The molecule has 0 saturated carbocycles. The minimum atomic E-state index is 0.387. The monoisotopic (exact) mass is 363 g/mol. The van der Waals surface area contributed by atoms with Crippen molar-refractivity contribution in [3.8, 4) is 0 Å². The maximum Gasteiger partial charge on any atom is 0.151 e. The molecule has 0 aliphatic heterocycles. The van der Waals surface area contributed by atoms with Crippen molar-refractivity contribution < 1.29 is 0 Å². The summed E-state index contributed by atoms with van der Waals surface area (Å²) in [5.41, 5.74) is 0.555. The van der Waals surface area contributed by atoms with Crippen LogP contribution in [0.3, 0.4) is 0 Å². The number of halogens is 4. The van der Waals surface area contributed by atoms with E-state index in [1.54, 1.807) is 24.3 Å². The van der Waals surface area contributed by atoms with E-state index in [0.29, 0.717) is 37.4 Å². The molecule has 0 saturated heterocycles. The normalized spacial score (nSPS) is 10.5. The molecule has 2 aromatic rings. The van der Waals surface area contributed by atoms with Gasteiger partial charge in [-0.2, -0.15) is 0 Å². The molecule has 21 heavy (non-hydrogen) atoms. The van der Waals surface area contributed by atoms with Crippen LogP contribution in [0, 0.1) is 0 Å². The molecule has 1 aromatic heterocycles. The second kappa shape index (κ2) is 7.41. The van der Waals surface area contributed by atoms with E-state index >= 15 is 0 Å². The molecule has 2 N–H and O–H groups in total. The molecule has 7 heteroatoms. The SMILES string of the molecule is CCCNc1nc(Nc2c(Cl)cccc2Cl)c(Cl)cc1Cl. The van der Waals surface area contributed by atoms with E-state index in [0.717, 1.165) is 13.0 Å². The van der Waals surface area contributed by atoms with E-state index in [9.17, 15) is 0 Å². The molecule has 0 aliphatic rings. The molecular weight excluding hydrogens is 352 g/mol. The molecule has 0 amide bonds. The molecule has 0 bridgehead atoms. The lowest BCUT2D eigenvalue weighted by Crippen LogP contribution is -2.05. The highest BCUT2D eigenvalue weighted by Gasteiger charge is 2.12. The third-order valence-electron chi connectivity index (χ3n) is 2.68. The number of nitrogens with one attached hydrogen (secondary N) is 2. The van der Waals surface area contributed by atoms with E-state index in [1.165, 1.54) is 0 Å². The Bertz CT molecular complexity index is 626. The maximum absolute atomic E-state index is 6.17. The Morgan fingerprint density at radius 2 is 1.57 bits per heavy atom. The van der Waals surface area contributed by atoms with Gasteiger partial charge in [0.05, 0.1) is 25.8 Å². The van der Waals surface area contributed by atoms with Crippen LogP contribution in [0.1, 0.15) is 13.3 Å². The molecule has 2 rings (SSSR count). The predicted octanol–water partition coefficient (Wildman–Crippen LogP) is 6.26. The lowest BCUT2D eigenvalue weighted by atomic mass is 10.3. The van der Waals surface area contributed by atoms with Crippen LogP contribution in [-0.2, 0) is 0 Å². The van der Waals surface area contributed by atoms with E-state index in [4.69, 9.17) is 46.4 Å². The standard InChI is InChI=1S/C14H13Cl4N3/c1-2-6-19-13-10(17)7-11(18)14(21-13)20-12-8(15)4-3-5-9(12)16/h3-5,7H,2,6H2,1H3,(H2,19,20,21). The number of pyridine rings is 1. The summed E-state index contributed by atoms with van der Waals surface area (Å²) in [6, 6.07) is 6.85. The van der Waals surface area contributed by atoms with Crippen LogP contribution < -0.4 is 10.6 Å². The van der Waals surface area contributed by atoms with Gasteiger partial charge in [0.1, 0.15) is 5.82 Å². The van der Waals surface area contributed by atoms with Gasteiger partial charge < -0.3 is 10.6 Å². The van der Waals surface area contributed by atoms with Crippen LogP contribution in [0.15, 0.2) is 24.3 Å². The Hall–Kier alpha value is -0.870. The fraction of sp³-hybridized carbons (Fsp3) is 0.214. The highest BCUT2D eigenvalue weighted by atomic mass is 35.5. The third kappa shape index (κ3) is 4.07. The summed E-state index contributed by atoms with van der Waals surface area (Å²) in [5, 5.41) is 8.00. The van der Waals surface area contributed by atoms with E-state index < -0.39 is 0 Å². The first kappa shape index (κ1) is 16.5. The van der Waals surface area contributed by atoms with Gasteiger partial charge >= 0.3 is 0 Å². The van der Waals surface area contributed by atoms with Crippen LogP contribution >= 0.6 is 46.4 Å². The molecule has 0 unspecified atom stereocenters. The van der Waals surface area contributed by atoms with Crippen molar-refractivity contribution >= 4 is 63.7 Å². The summed E-state index contributed by atoms with van der Waals surface area (Å²) in [7, 11) is 0. The van der Waals surface area contributed by atoms with Crippen molar-refractivity contribution in [2.75, 3.05) is 17.2 Å². The van der Waals surface area contributed by atoms with Crippen molar-refractivity contribution in [3.63, 3.8) is 0 Å². The first-order chi connectivity index (χ1) is 10.0. The number of rotatable bonds is 5. The van der Waals surface area contributed by atoms with Crippen LogP contribution in [0.25, 0.3) is 0 Å². The minimum absolute atomic E-state index is 0.387. The Morgan fingerprint density at radius 1 is 0.952 bits per heavy atom. The number of aromatic nitrogens is 1. The number of benzene rings is 1. The lowest BCUT2D eigenvalue weighted by Gasteiger charge is -2.14. The predicted molar refractivity (Wildman–Crippen MR) is 92.8 cm³/mol. The van der Waals surface area contributed by atoms with Crippen molar-refractivity contribution in [2.24, 2.45) is 0 Å². The molecule has 0 fully saturated rings. The number of hydrogen-bond acceptors (Lipinski definition) is 3. The number of para-hydroxylation sites is 1. The highest BCUT2D eigenvalue weighted by molar-refractivity contribution is 6.40. The van der Waals surface area contributed by atoms with Crippen LogP contribution in [0.4, 0.5) is 17.3 Å². The van der Waals surface area contributed by atoms with Crippen LogP contribution in [0.2, 0.25) is 20.1 Å². The molecular formula is C14H13Cl4N3. The average molecular weight is 365 g/mol. The Balaban J connectivity index is 2.35. The van der Waals surface area contributed by atoms with E-state index in [2.05, 4.69) is 22.5 Å². The van der Waals surface area contributed by atoms with Gasteiger partial charge in [-0.05, 0) is 24.6 Å². The third-order valence-corrected chi connectivity index (χ3v) is 3.88. The second-order valence-electron chi connectivity index (χ2n) is 4.30. The van der Waals surface area contributed by atoms with Crippen molar-refractivity contribution in [3.05, 3.63) is 44.4 Å². The summed E-state index contributed by atoms with van der Waals surface area (Å²) < 4.78 is 0. The largest absolute Gasteiger partial charge is 0.369 e. The summed E-state index contributed by atoms with van der Waals surface area (Å²) in [5.74, 6) is 1.00. The molecule has 0 atom stereocenters. The first-order valence-electron chi connectivity index (χ1n) is 6.34. The zero-order valence-corrected chi connectivity index (χ0v) is 14.2. The van der Waals surface area contributed by atoms with Crippen molar-refractivity contribution in [1.82, 2.24) is 4.98 Å². The fourth-order valence-corrected chi connectivity index (χ4v) is 2.62. The van der Waals surface area contributed by atoms with Gasteiger partial charge in [0.25, 0.3) is 0 Å². The molecule has 112 valence electrons. The number of anilines is 3. The Morgan fingerprint density at radius 3 is 2.19 bits per heavy atom. The quantitative estimate of drug-likeness (QED) is 0.657. The van der Waals surface area contributed by atoms with Gasteiger partial charge in [-0.3, -0.25) is 0 Å². The lowest BCUT2D eigenvalue weighted by molar-refractivity contribution is 0.970. The Labute approximate surface area is 143 Å². The molecule has 1 heterocycles. The molecule has 1 aromatic carbocycles. The maximum atomic E-state index is 6.17. The highest BCUT2D eigenvalue weighted by Crippen LogP contribution is 2.36. The summed E-state index contributed by atoms with van der Waals surface area (Å²) >= 11 is 24.5. The first-order valence-corrected chi connectivity index (χ1v) is 7.85. The van der Waals surface area contributed by atoms with E-state index in [1.807, 2.05) is 0 Å². The average Bonchev–Trinajstić information content (AvgIpc) is 2.44. The summed E-state index contributed by atoms with van der Waals surface area (Å²) in [6.45, 7) is 2.82. The van der Waals surface area contributed by atoms with Gasteiger partial charge in [0.15, 0.2) is 5.82 Å². The smallest absolute Gasteiger partial charge is 0.151 e.